The summed E-state index contributed by atoms with van der Waals surface area (Å²) in [5.74, 6) is 1.21. The zero-order chi connectivity index (χ0) is 17.2. The van der Waals surface area contributed by atoms with Gasteiger partial charge in [0.25, 0.3) is 0 Å². The summed E-state index contributed by atoms with van der Waals surface area (Å²) in [6.07, 6.45) is 8.47. The first-order valence-corrected chi connectivity index (χ1v) is 9.10. The molecule has 2 heterocycles. The van der Waals surface area contributed by atoms with E-state index >= 15 is 0 Å². The summed E-state index contributed by atoms with van der Waals surface area (Å²) >= 11 is 0. The zero-order valence-electron chi connectivity index (χ0n) is 14.3. The second kappa shape index (κ2) is 5.21. The molecule has 3 N–H and O–H groups in total. The molecular formula is C19H23N3O3. The molecule has 132 valence electrons. The Hall–Kier alpha value is -2.08. The standard InChI is InChI=1S/C19H23N3O3/c1-25-18(23)14-9-21-17-13(2-3-20-17)16(14)22-15-11-4-10-5-12(15)8-19(24,6-10)7-11/h2-3,9-12,15,24H,4-8H2,1H3,(H2,20,21,22). The quantitative estimate of drug-likeness (QED) is 0.747. The number of H-pyrrole nitrogens is 1. The minimum absolute atomic E-state index is 0.292. The van der Waals surface area contributed by atoms with Gasteiger partial charge in [-0.25, -0.2) is 9.78 Å². The van der Waals surface area contributed by atoms with Crippen LogP contribution in [0, 0.1) is 17.8 Å². The van der Waals surface area contributed by atoms with Gasteiger partial charge in [-0.3, -0.25) is 0 Å². The molecule has 6 nitrogen and oxygen atoms in total. The second-order valence-corrected chi connectivity index (χ2v) is 8.14. The first-order chi connectivity index (χ1) is 12.1. The van der Waals surface area contributed by atoms with Crippen molar-refractivity contribution in [3.8, 4) is 0 Å². The molecule has 0 spiro atoms. The normalized spacial score (nSPS) is 35.9. The molecule has 0 aromatic carbocycles. The summed E-state index contributed by atoms with van der Waals surface area (Å²) in [5.41, 5.74) is 1.59. The third-order valence-corrected chi connectivity index (χ3v) is 6.54. The highest BCUT2D eigenvalue weighted by molar-refractivity contribution is 6.04. The summed E-state index contributed by atoms with van der Waals surface area (Å²) < 4.78 is 4.96. The maximum atomic E-state index is 12.2. The number of rotatable bonds is 3. The van der Waals surface area contributed by atoms with Crippen LogP contribution in [0.3, 0.4) is 0 Å². The number of nitrogens with one attached hydrogen (secondary N) is 2. The summed E-state index contributed by atoms with van der Waals surface area (Å²) in [6, 6.07) is 2.24. The van der Waals surface area contributed by atoms with E-state index in [1.165, 1.54) is 20.0 Å². The summed E-state index contributed by atoms with van der Waals surface area (Å²) in [7, 11) is 1.39. The highest BCUT2D eigenvalue weighted by atomic mass is 16.5. The number of nitrogens with zero attached hydrogens (tertiary/aromatic N) is 1. The van der Waals surface area contributed by atoms with Crippen LogP contribution >= 0.6 is 0 Å². The van der Waals surface area contributed by atoms with E-state index in [-0.39, 0.29) is 5.97 Å². The Bertz CT molecular complexity index is 830. The average molecular weight is 341 g/mol. The molecule has 4 bridgehead atoms. The van der Waals surface area contributed by atoms with Crippen LogP contribution in [-0.2, 0) is 4.74 Å². The van der Waals surface area contributed by atoms with Crippen LogP contribution in [-0.4, -0.2) is 39.8 Å². The van der Waals surface area contributed by atoms with Crippen LogP contribution in [0.4, 0.5) is 5.69 Å². The van der Waals surface area contributed by atoms with E-state index in [1.807, 2.05) is 12.3 Å². The van der Waals surface area contributed by atoms with Gasteiger partial charge in [0.15, 0.2) is 0 Å². The number of aromatic amines is 1. The highest BCUT2D eigenvalue weighted by Gasteiger charge is 2.54. The maximum Gasteiger partial charge on any atom is 0.341 e. The molecule has 2 atom stereocenters. The predicted octanol–water partition coefficient (Wildman–Crippen LogP) is 2.70. The number of fused-ring (bicyclic) bond motifs is 1. The number of carbonyl (C=O) groups is 1. The van der Waals surface area contributed by atoms with Crippen LogP contribution < -0.4 is 5.32 Å². The number of hydrogen-bond donors (Lipinski definition) is 3. The van der Waals surface area contributed by atoms with Gasteiger partial charge in [-0.1, -0.05) is 0 Å². The summed E-state index contributed by atoms with van der Waals surface area (Å²) in [4.78, 5) is 19.7. The molecule has 0 saturated heterocycles. The van der Waals surface area contributed by atoms with E-state index in [0.717, 1.165) is 36.0 Å². The van der Waals surface area contributed by atoms with Gasteiger partial charge in [0.2, 0.25) is 0 Å². The van der Waals surface area contributed by atoms with Crippen molar-refractivity contribution >= 4 is 22.7 Å². The number of anilines is 1. The molecule has 25 heavy (non-hydrogen) atoms. The number of aromatic nitrogens is 2. The largest absolute Gasteiger partial charge is 0.465 e. The van der Waals surface area contributed by atoms with Gasteiger partial charge < -0.3 is 20.1 Å². The second-order valence-electron chi connectivity index (χ2n) is 8.14. The van der Waals surface area contributed by atoms with Gasteiger partial charge in [-0.05, 0) is 55.9 Å². The molecule has 4 fully saturated rings. The molecule has 0 amide bonds. The van der Waals surface area contributed by atoms with E-state index in [0.29, 0.717) is 29.4 Å². The van der Waals surface area contributed by atoms with Crippen molar-refractivity contribution < 1.29 is 14.6 Å². The van der Waals surface area contributed by atoms with E-state index in [2.05, 4.69) is 15.3 Å². The van der Waals surface area contributed by atoms with Crippen LogP contribution in [0.15, 0.2) is 18.5 Å². The minimum atomic E-state index is -0.457. The first kappa shape index (κ1) is 15.2. The lowest BCUT2D eigenvalue weighted by molar-refractivity contribution is -0.129. The van der Waals surface area contributed by atoms with Gasteiger partial charge in [0, 0.05) is 23.8 Å². The molecular weight excluding hydrogens is 318 g/mol. The third kappa shape index (κ3) is 2.27. The van der Waals surface area contributed by atoms with Crippen molar-refractivity contribution in [3.63, 3.8) is 0 Å². The van der Waals surface area contributed by atoms with Crippen molar-refractivity contribution in [2.24, 2.45) is 17.8 Å². The SMILES string of the molecule is COC(=O)c1cnc2[nH]ccc2c1NC1C2CC3CC1CC(O)(C3)C2. The van der Waals surface area contributed by atoms with Gasteiger partial charge in [-0.15, -0.1) is 0 Å². The molecule has 6 heteroatoms. The fourth-order valence-electron chi connectivity index (χ4n) is 5.81. The molecule has 4 aliphatic carbocycles. The van der Waals surface area contributed by atoms with Crippen molar-refractivity contribution in [2.45, 2.75) is 43.7 Å². The number of hydrogen-bond acceptors (Lipinski definition) is 5. The number of pyridine rings is 1. The van der Waals surface area contributed by atoms with Crippen molar-refractivity contribution in [3.05, 3.63) is 24.0 Å². The number of esters is 1. The fourth-order valence-corrected chi connectivity index (χ4v) is 5.81. The Morgan fingerprint density at radius 3 is 2.80 bits per heavy atom. The molecule has 4 aliphatic rings. The number of aliphatic hydroxyl groups is 1. The van der Waals surface area contributed by atoms with Crippen molar-refractivity contribution in [1.82, 2.24) is 9.97 Å². The lowest BCUT2D eigenvalue weighted by atomic mass is 9.52. The van der Waals surface area contributed by atoms with E-state index < -0.39 is 5.60 Å². The van der Waals surface area contributed by atoms with Crippen molar-refractivity contribution in [1.29, 1.82) is 0 Å². The Kier molecular flexibility index (Phi) is 3.17. The van der Waals surface area contributed by atoms with Gasteiger partial charge in [0.05, 0.1) is 18.4 Å². The topological polar surface area (TPSA) is 87.2 Å². The highest BCUT2D eigenvalue weighted by Crippen LogP contribution is 2.56. The summed E-state index contributed by atoms with van der Waals surface area (Å²) in [6.45, 7) is 0. The van der Waals surface area contributed by atoms with E-state index in [4.69, 9.17) is 4.74 Å². The lowest BCUT2D eigenvalue weighted by Crippen LogP contribution is -2.59. The number of methoxy groups -OCH3 is 1. The Labute approximate surface area is 146 Å². The van der Waals surface area contributed by atoms with Crippen LogP contribution in [0.5, 0.6) is 0 Å². The molecule has 2 aromatic rings. The molecule has 2 aromatic heterocycles. The first-order valence-electron chi connectivity index (χ1n) is 9.10. The monoisotopic (exact) mass is 341 g/mol. The maximum absolute atomic E-state index is 12.2. The molecule has 2 unspecified atom stereocenters. The smallest absolute Gasteiger partial charge is 0.341 e. The Morgan fingerprint density at radius 1 is 1.36 bits per heavy atom. The van der Waals surface area contributed by atoms with Crippen molar-refractivity contribution in [2.75, 3.05) is 12.4 Å². The van der Waals surface area contributed by atoms with Crippen LogP contribution in [0.2, 0.25) is 0 Å². The summed E-state index contributed by atoms with van der Waals surface area (Å²) in [5, 5.41) is 15.4. The Balaban J connectivity index is 1.54. The molecule has 0 radical (unpaired) electrons. The third-order valence-electron chi connectivity index (χ3n) is 6.54. The number of carbonyl (C=O) groups excluding carboxylic acids is 1. The Morgan fingerprint density at radius 2 is 2.12 bits per heavy atom. The molecule has 6 rings (SSSR count). The minimum Gasteiger partial charge on any atom is -0.465 e. The predicted molar refractivity (Wildman–Crippen MR) is 93.3 cm³/mol. The molecule has 0 aliphatic heterocycles. The lowest BCUT2D eigenvalue weighted by Gasteiger charge is -2.58. The van der Waals surface area contributed by atoms with Crippen LogP contribution in [0.25, 0.3) is 11.0 Å². The van der Waals surface area contributed by atoms with Gasteiger partial charge in [0.1, 0.15) is 11.2 Å². The average Bonchev–Trinajstić information content (AvgIpc) is 3.04. The van der Waals surface area contributed by atoms with Gasteiger partial charge >= 0.3 is 5.97 Å². The number of ether oxygens (including phenoxy) is 1. The van der Waals surface area contributed by atoms with Gasteiger partial charge in [-0.2, -0.15) is 0 Å². The fraction of sp³-hybridized carbons (Fsp3) is 0.579. The van der Waals surface area contributed by atoms with Crippen LogP contribution in [0.1, 0.15) is 42.5 Å². The van der Waals surface area contributed by atoms with E-state index in [9.17, 15) is 9.90 Å². The zero-order valence-corrected chi connectivity index (χ0v) is 14.3. The molecule has 4 saturated carbocycles. The van der Waals surface area contributed by atoms with E-state index in [1.54, 1.807) is 6.20 Å².